The minimum atomic E-state index is 0.125. The smallest absolute Gasteiger partial charge is 0.162 e. The van der Waals surface area contributed by atoms with E-state index in [2.05, 4.69) is 73.9 Å². The minimum absolute atomic E-state index is 0.125. The molecule has 0 amide bonds. The van der Waals surface area contributed by atoms with E-state index in [-0.39, 0.29) is 5.41 Å². The van der Waals surface area contributed by atoms with Gasteiger partial charge in [0, 0.05) is 48.8 Å². The molecule has 1 unspecified atom stereocenters. The molecule has 4 heterocycles. The van der Waals surface area contributed by atoms with Gasteiger partial charge in [-0.3, -0.25) is 0 Å². The van der Waals surface area contributed by atoms with Gasteiger partial charge in [0.2, 0.25) is 0 Å². The van der Waals surface area contributed by atoms with Crippen molar-refractivity contribution in [3.05, 3.63) is 69.9 Å². The van der Waals surface area contributed by atoms with Gasteiger partial charge in [-0.15, -0.1) is 0 Å². The fourth-order valence-corrected chi connectivity index (χ4v) is 7.01. The minimum Gasteiger partial charge on any atom is -0.381 e. The van der Waals surface area contributed by atoms with Gasteiger partial charge < -0.3 is 19.3 Å². The molecule has 198 valence electrons. The Kier molecular flexibility index (Phi) is 5.57. The van der Waals surface area contributed by atoms with Crippen molar-refractivity contribution in [2.45, 2.75) is 77.1 Å². The first-order valence-electron chi connectivity index (χ1n) is 14.1. The summed E-state index contributed by atoms with van der Waals surface area (Å²) in [6, 6.07) is 14.5. The molecule has 7 rings (SSSR count). The lowest BCUT2D eigenvalue weighted by Crippen LogP contribution is -2.44. The van der Waals surface area contributed by atoms with Crippen LogP contribution in [-0.2, 0) is 27.9 Å². The zero-order chi connectivity index (χ0) is 26.2. The van der Waals surface area contributed by atoms with Crippen molar-refractivity contribution in [2.24, 2.45) is 0 Å². The van der Waals surface area contributed by atoms with Crippen LogP contribution in [0.3, 0.4) is 0 Å². The molecule has 3 fully saturated rings. The number of hydrogen-bond donors (Lipinski definition) is 0. The normalized spacial score (nSPS) is 25.1. The van der Waals surface area contributed by atoms with Crippen LogP contribution in [0.25, 0.3) is 11.4 Å². The highest BCUT2D eigenvalue weighted by molar-refractivity contribution is 5.70. The highest BCUT2D eigenvalue weighted by Gasteiger charge is 2.56. The van der Waals surface area contributed by atoms with Crippen LogP contribution in [0.4, 0.5) is 11.5 Å². The van der Waals surface area contributed by atoms with Crippen molar-refractivity contribution in [1.29, 1.82) is 0 Å². The third kappa shape index (κ3) is 3.76. The first-order valence-corrected chi connectivity index (χ1v) is 14.1. The maximum atomic E-state index is 5.70. The first kappa shape index (κ1) is 24.1. The van der Waals surface area contributed by atoms with Crippen LogP contribution >= 0.6 is 0 Å². The fourth-order valence-electron chi connectivity index (χ4n) is 7.01. The summed E-state index contributed by atoms with van der Waals surface area (Å²) < 4.78 is 11.3. The Morgan fingerprint density at radius 2 is 1.71 bits per heavy atom. The molecule has 1 aromatic heterocycles. The van der Waals surface area contributed by atoms with Gasteiger partial charge in [-0.05, 0) is 61.9 Å². The summed E-state index contributed by atoms with van der Waals surface area (Å²) >= 11 is 0. The van der Waals surface area contributed by atoms with Crippen molar-refractivity contribution in [3.63, 3.8) is 0 Å². The molecule has 0 spiro atoms. The molecule has 1 saturated carbocycles. The lowest BCUT2D eigenvalue weighted by Gasteiger charge is -2.40. The second-order valence-corrected chi connectivity index (χ2v) is 12.2. The summed E-state index contributed by atoms with van der Waals surface area (Å²) in [6.45, 7) is 12.3. The molecule has 2 aromatic carbocycles. The van der Waals surface area contributed by atoms with Crippen LogP contribution in [0.1, 0.15) is 53.3 Å². The molecule has 0 bridgehead atoms. The van der Waals surface area contributed by atoms with E-state index >= 15 is 0 Å². The van der Waals surface area contributed by atoms with E-state index in [1.54, 1.807) is 0 Å². The molecule has 4 aliphatic rings. The largest absolute Gasteiger partial charge is 0.381 e. The summed E-state index contributed by atoms with van der Waals surface area (Å²) in [5, 5.41) is 0. The number of rotatable bonds is 5. The second kappa shape index (κ2) is 8.78. The number of anilines is 2. The molecule has 38 heavy (non-hydrogen) atoms. The Morgan fingerprint density at radius 3 is 2.37 bits per heavy atom. The predicted octanol–water partition coefficient (Wildman–Crippen LogP) is 5.29. The van der Waals surface area contributed by atoms with Crippen LogP contribution in [0.5, 0.6) is 0 Å². The van der Waals surface area contributed by atoms with Crippen molar-refractivity contribution in [1.82, 2.24) is 9.97 Å². The van der Waals surface area contributed by atoms with Gasteiger partial charge in [0.25, 0.3) is 0 Å². The van der Waals surface area contributed by atoms with E-state index in [1.807, 2.05) is 7.11 Å². The van der Waals surface area contributed by atoms with E-state index in [0.717, 1.165) is 57.2 Å². The van der Waals surface area contributed by atoms with E-state index in [0.29, 0.717) is 18.2 Å². The van der Waals surface area contributed by atoms with Gasteiger partial charge >= 0.3 is 0 Å². The van der Waals surface area contributed by atoms with Crippen molar-refractivity contribution < 1.29 is 9.47 Å². The maximum absolute atomic E-state index is 5.70. The molecular weight excluding hydrogens is 472 g/mol. The SMILES string of the molecule is CO[C@H]1CC2[C@@H](C1)N2c1nc(-c2c(C)cccc2C)nc2c1CN(c1cc(C3(C)COC3)ccc1C)CC2. The summed E-state index contributed by atoms with van der Waals surface area (Å²) in [7, 11) is 1.84. The molecule has 0 N–H and O–H groups in total. The monoisotopic (exact) mass is 510 g/mol. The number of fused-ring (bicyclic) bond motifs is 2. The van der Waals surface area contributed by atoms with Crippen LogP contribution in [-0.4, -0.2) is 55.0 Å². The third-order valence-corrected chi connectivity index (χ3v) is 9.49. The molecule has 6 nitrogen and oxygen atoms in total. The summed E-state index contributed by atoms with van der Waals surface area (Å²) in [4.78, 5) is 15.7. The zero-order valence-electron chi connectivity index (χ0n) is 23.3. The van der Waals surface area contributed by atoms with Crippen LogP contribution in [0.2, 0.25) is 0 Å². The van der Waals surface area contributed by atoms with Gasteiger partial charge in [-0.1, -0.05) is 37.3 Å². The molecule has 3 aromatic rings. The number of methoxy groups -OCH3 is 1. The van der Waals surface area contributed by atoms with Gasteiger partial charge in [-0.25, -0.2) is 9.97 Å². The van der Waals surface area contributed by atoms with Crippen LogP contribution < -0.4 is 9.80 Å². The van der Waals surface area contributed by atoms with Crippen molar-refractivity contribution >= 4 is 11.5 Å². The lowest BCUT2D eigenvalue weighted by molar-refractivity contribution is -0.0499. The number of aromatic nitrogens is 2. The average molecular weight is 511 g/mol. The Labute approximate surface area is 226 Å². The van der Waals surface area contributed by atoms with Crippen LogP contribution in [0, 0.1) is 20.8 Å². The molecule has 6 heteroatoms. The topological polar surface area (TPSA) is 50.5 Å². The van der Waals surface area contributed by atoms with Gasteiger partial charge in [0.15, 0.2) is 5.82 Å². The lowest BCUT2D eigenvalue weighted by atomic mass is 9.80. The Hall–Kier alpha value is -2.96. The van der Waals surface area contributed by atoms with E-state index in [4.69, 9.17) is 19.4 Å². The number of hydrogen-bond acceptors (Lipinski definition) is 6. The number of piperidine rings is 1. The van der Waals surface area contributed by atoms with E-state index < -0.39 is 0 Å². The molecule has 1 aliphatic carbocycles. The van der Waals surface area contributed by atoms with E-state index in [1.165, 1.54) is 44.8 Å². The summed E-state index contributed by atoms with van der Waals surface area (Å²) in [5.74, 6) is 2.03. The van der Waals surface area contributed by atoms with E-state index in [9.17, 15) is 0 Å². The predicted molar refractivity (Wildman–Crippen MR) is 151 cm³/mol. The second-order valence-electron chi connectivity index (χ2n) is 12.2. The quantitative estimate of drug-likeness (QED) is 0.435. The molecule has 0 radical (unpaired) electrons. The standard InChI is InChI=1S/C32H38N4O2/c1-19-9-10-22(32(4)17-38-18-32)13-26(19)35-12-11-25-24(16-35)31(36-27-14-23(37-5)15-28(27)36)34-30(33-25)29-20(2)7-6-8-21(29)3/h6-10,13,23,27-28H,11-12,14-18H2,1-5H3/t23-,27-,28?,36?/m1/s1. The van der Waals surface area contributed by atoms with Gasteiger partial charge in [0.05, 0.1) is 37.1 Å². The van der Waals surface area contributed by atoms with Gasteiger partial charge in [-0.2, -0.15) is 0 Å². The third-order valence-electron chi connectivity index (χ3n) is 9.49. The maximum Gasteiger partial charge on any atom is 0.162 e. The van der Waals surface area contributed by atoms with Gasteiger partial charge in [0.1, 0.15) is 5.82 Å². The fraction of sp³-hybridized carbons (Fsp3) is 0.500. The Morgan fingerprint density at radius 1 is 0.974 bits per heavy atom. The summed E-state index contributed by atoms with van der Waals surface area (Å²) in [5.41, 5.74) is 10.3. The number of benzene rings is 2. The molecular formula is C32H38N4O2. The number of nitrogens with zero attached hydrogens (tertiary/aromatic N) is 4. The number of ether oxygens (including phenoxy) is 2. The Balaban J connectivity index is 1.28. The highest BCUT2D eigenvalue weighted by Crippen LogP contribution is 2.49. The average Bonchev–Trinajstić information content (AvgIpc) is 3.38. The highest BCUT2D eigenvalue weighted by atomic mass is 16.5. The Bertz CT molecular complexity index is 1380. The molecule has 2 saturated heterocycles. The van der Waals surface area contributed by atoms with Crippen molar-refractivity contribution in [2.75, 3.05) is 36.7 Å². The molecule has 3 atom stereocenters. The van der Waals surface area contributed by atoms with Crippen LogP contribution in [0.15, 0.2) is 36.4 Å². The van der Waals surface area contributed by atoms with Crippen molar-refractivity contribution in [3.8, 4) is 11.4 Å². The molecule has 3 aliphatic heterocycles. The summed E-state index contributed by atoms with van der Waals surface area (Å²) in [6.07, 6.45) is 3.47. The number of aryl methyl sites for hydroxylation is 3. The first-order chi connectivity index (χ1) is 18.4. The zero-order valence-corrected chi connectivity index (χ0v) is 23.3.